The predicted octanol–water partition coefficient (Wildman–Crippen LogP) is 3.11. The molecule has 0 aromatic heterocycles. The van der Waals surface area contributed by atoms with Crippen LogP contribution in [0.15, 0.2) is 36.4 Å². The van der Waals surface area contributed by atoms with Crippen LogP contribution in [0.2, 0.25) is 0 Å². The Balaban J connectivity index is 2.31. The van der Waals surface area contributed by atoms with Gasteiger partial charge < -0.3 is 18.9 Å². The van der Waals surface area contributed by atoms with Gasteiger partial charge in [-0.2, -0.15) is 0 Å². The monoisotopic (exact) mass is 336 g/mol. The molecule has 6 heteroatoms. The zero-order valence-electron chi connectivity index (χ0n) is 14.3. The molecule has 0 spiro atoms. The Morgan fingerprint density at radius 1 is 1.12 bits per heavy atom. The molecule has 0 heterocycles. The van der Waals surface area contributed by atoms with Crippen molar-refractivity contribution in [3.8, 4) is 5.75 Å². The van der Waals surface area contributed by atoms with Gasteiger partial charge in [0.15, 0.2) is 6.29 Å². The summed E-state index contributed by atoms with van der Waals surface area (Å²) in [5, 5.41) is 0. The van der Waals surface area contributed by atoms with Crippen LogP contribution in [0.4, 0.5) is 0 Å². The predicted molar refractivity (Wildman–Crippen MR) is 88.8 cm³/mol. The number of carbonyl (C=O) groups is 2. The van der Waals surface area contributed by atoms with Crippen molar-refractivity contribution >= 4 is 11.9 Å². The third-order valence-electron chi connectivity index (χ3n) is 2.86. The van der Waals surface area contributed by atoms with Crippen LogP contribution in [0, 0.1) is 0 Å². The lowest BCUT2D eigenvalue weighted by Gasteiger charge is -2.14. The molecule has 1 rings (SSSR count). The molecule has 1 unspecified atom stereocenters. The Bertz CT molecular complexity index is 535. The summed E-state index contributed by atoms with van der Waals surface area (Å²) < 4.78 is 20.8. The second-order valence-electron chi connectivity index (χ2n) is 4.82. The van der Waals surface area contributed by atoms with Crippen molar-refractivity contribution in [2.24, 2.45) is 0 Å². The Morgan fingerprint density at radius 2 is 1.79 bits per heavy atom. The number of hydrogen-bond acceptors (Lipinski definition) is 6. The lowest BCUT2D eigenvalue weighted by atomic mass is 10.2. The molecular formula is C18H24O6. The van der Waals surface area contributed by atoms with Gasteiger partial charge in [-0.05, 0) is 45.0 Å². The molecule has 24 heavy (non-hydrogen) atoms. The van der Waals surface area contributed by atoms with Gasteiger partial charge in [-0.25, -0.2) is 9.59 Å². The molecule has 0 aliphatic heterocycles. The Labute approximate surface area is 142 Å². The zero-order valence-corrected chi connectivity index (χ0v) is 14.3. The Morgan fingerprint density at radius 3 is 2.42 bits per heavy atom. The second kappa shape index (κ2) is 11.2. The fourth-order valence-electron chi connectivity index (χ4n) is 1.79. The van der Waals surface area contributed by atoms with E-state index < -0.39 is 11.9 Å². The highest BCUT2D eigenvalue weighted by atomic mass is 16.7. The smallest absolute Gasteiger partial charge is 0.338 e. The highest BCUT2D eigenvalue weighted by Gasteiger charge is 2.08. The van der Waals surface area contributed by atoms with Crippen LogP contribution in [0.1, 0.15) is 37.6 Å². The average Bonchev–Trinajstić information content (AvgIpc) is 2.55. The van der Waals surface area contributed by atoms with Crippen molar-refractivity contribution in [2.75, 3.05) is 19.8 Å². The molecule has 0 aliphatic carbocycles. The molecule has 1 aromatic rings. The van der Waals surface area contributed by atoms with Gasteiger partial charge in [0.2, 0.25) is 0 Å². The first-order valence-electron chi connectivity index (χ1n) is 7.91. The standard InChI is InChI=1S/C18H24O6/c1-4-7-17(19)22-12-6-13-23-18(20)15-8-10-16(11-9-15)24-14(3)21-5-2/h4,7-11,14H,5-6,12-13H2,1-3H3. The van der Waals surface area contributed by atoms with E-state index in [9.17, 15) is 9.59 Å². The van der Waals surface area contributed by atoms with E-state index in [1.165, 1.54) is 6.08 Å². The topological polar surface area (TPSA) is 71.1 Å². The van der Waals surface area contributed by atoms with Crippen molar-refractivity contribution in [1.82, 2.24) is 0 Å². The molecule has 0 saturated heterocycles. The molecule has 132 valence electrons. The lowest BCUT2D eigenvalue weighted by Crippen LogP contribution is -2.16. The van der Waals surface area contributed by atoms with Crippen molar-refractivity contribution < 1.29 is 28.5 Å². The van der Waals surface area contributed by atoms with Crippen LogP contribution in [-0.4, -0.2) is 38.0 Å². The molecule has 1 atom stereocenters. The van der Waals surface area contributed by atoms with E-state index in [-0.39, 0.29) is 19.5 Å². The maximum absolute atomic E-state index is 11.9. The largest absolute Gasteiger partial charge is 0.465 e. The molecule has 0 aliphatic rings. The van der Waals surface area contributed by atoms with E-state index in [1.807, 2.05) is 6.92 Å². The molecule has 0 amide bonds. The van der Waals surface area contributed by atoms with Crippen LogP contribution >= 0.6 is 0 Å². The van der Waals surface area contributed by atoms with Gasteiger partial charge in [0, 0.05) is 19.1 Å². The summed E-state index contributed by atoms with van der Waals surface area (Å²) in [6, 6.07) is 6.63. The third kappa shape index (κ3) is 7.78. The third-order valence-corrected chi connectivity index (χ3v) is 2.86. The van der Waals surface area contributed by atoms with Gasteiger partial charge in [-0.15, -0.1) is 0 Å². The highest BCUT2D eigenvalue weighted by molar-refractivity contribution is 5.89. The van der Waals surface area contributed by atoms with Crippen molar-refractivity contribution in [3.05, 3.63) is 42.0 Å². The Kier molecular flexibility index (Phi) is 9.23. The summed E-state index contributed by atoms with van der Waals surface area (Å²) in [5.41, 5.74) is 0.428. The molecule has 0 bridgehead atoms. The summed E-state index contributed by atoms with van der Waals surface area (Å²) in [4.78, 5) is 22.9. The minimum absolute atomic E-state index is 0.182. The first-order valence-corrected chi connectivity index (χ1v) is 7.91. The van der Waals surface area contributed by atoms with Gasteiger partial charge >= 0.3 is 11.9 Å². The number of ether oxygens (including phenoxy) is 4. The maximum atomic E-state index is 11.9. The Hall–Kier alpha value is -2.34. The first-order chi connectivity index (χ1) is 11.6. The van der Waals surface area contributed by atoms with E-state index in [0.29, 0.717) is 24.3 Å². The zero-order chi connectivity index (χ0) is 17.8. The fourth-order valence-corrected chi connectivity index (χ4v) is 1.79. The molecule has 0 fully saturated rings. The van der Waals surface area contributed by atoms with E-state index in [0.717, 1.165) is 0 Å². The summed E-state index contributed by atoms with van der Waals surface area (Å²) in [6.07, 6.45) is 3.03. The number of benzene rings is 1. The number of allylic oxidation sites excluding steroid dienone is 1. The van der Waals surface area contributed by atoms with E-state index in [1.54, 1.807) is 44.2 Å². The summed E-state index contributed by atoms with van der Waals surface area (Å²) in [7, 11) is 0. The number of rotatable bonds is 10. The number of carbonyl (C=O) groups excluding carboxylic acids is 2. The van der Waals surface area contributed by atoms with E-state index in [4.69, 9.17) is 18.9 Å². The van der Waals surface area contributed by atoms with E-state index in [2.05, 4.69) is 0 Å². The van der Waals surface area contributed by atoms with Crippen LogP contribution in [0.3, 0.4) is 0 Å². The quantitative estimate of drug-likeness (QED) is 0.283. The second-order valence-corrected chi connectivity index (χ2v) is 4.82. The van der Waals surface area contributed by atoms with Crippen LogP contribution < -0.4 is 4.74 Å². The van der Waals surface area contributed by atoms with Crippen molar-refractivity contribution in [1.29, 1.82) is 0 Å². The maximum Gasteiger partial charge on any atom is 0.338 e. The SMILES string of the molecule is CC=CC(=O)OCCCOC(=O)c1ccc(OC(C)OCC)cc1. The van der Waals surface area contributed by atoms with Gasteiger partial charge in [0.05, 0.1) is 18.8 Å². The fraction of sp³-hybridized carbons (Fsp3) is 0.444. The first kappa shape index (κ1) is 19.7. The summed E-state index contributed by atoms with van der Waals surface area (Å²) in [6.45, 7) is 6.38. The van der Waals surface area contributed by atoms with Crippen molar-refractivity contribution in [3.63, 3.8) is 0 Å². The van der Waals surface area contributed by atoms with Gasteiger partial charge in [-0.1, -0.05) is 6.08 Å². The normalized spacial score (nSPS) is 12.0. The highest BCUT2D eigenvalue weighted by Crippen LogP contribution is 2.15. The van der Waals surface area contributed by atoms with Gasteiger partial charge in [0.1, 0.15) is 5.75 Å². The number of esters is 2. The average molecular weight is 336 g/mol. The van der Waals surface area contributed by atoms with Crippen molar-refractivity contribution in [2.45, 2.75) is 33.5 Å². The molecule has 0 N–H and O–H groups in total. The van der Waals surface area contributed by atoms with Crippen LogP contribution in [-0.2, 0) is 19.0 Å². The molecular weight excluding hydrogens is 312 g/mol. The minimum Gasteiger partial charge on any atom is -0.465 e. The molecule has 1 aromatic carbocycles. The molecule has 6 nitrogen and oxygen atoms in total. The van der Waals surface area contributed by atoms with Gasteiger partial charge in [-0.3, -0.25) is 0 Å². The van der Waals surface area contributed by atoms with Gasteiger partial charge in [0.25, 0.3) is 0 Å². The summed E-state index contributed by atoms with van der Waals surface area (Å²) >= 11 is 0. The summed E-state index contributed by atoms with van der Waals surface area (Å²) in [5.74, 6) is -0.219. The van der Waals surface area contributed by atoms with E-state index >= 15 is 0 Å². The molecule has 0 radical (unpaired) electrons. The number of hydrogen-bond donors (Lipinski definition) is 0. The minimum atomic E-state index is -0.431. The van der Waals surface area contributed by atoms with Crippen LogP contribution in [0.25, 0.3) is 0 Å². The lowest BCUT2D eigenvalue weighted by molar-refractivity contribution is -0.138. The molecule has 0 saturated carbocycles. The van der Waals surface area contributed by atoms with Crippen LogP contribution in [0.5, 0.6) is 5.75 Å².